The third-order valence-electron chi connectivity index (χ3n) is 2.46. The summed E-state index contributed by atoms with van der Waals surface area (Å²) >= 11 is 0. The lowest BCUT2D eigenvalue weighted by atomic mass is 10.0. The number of ether oxygens (including phenoxy) is 1. The van der Waals surface area contributed by atoms with Gasteiger partial charge in [-0.25, -0.2) is 13.6 Å². The molecular formula is C13H17F2NO2. The summed E-state index contributed by atoms with van der Waals surface area (Å²) < 4.78 is 29.6. The zero-order valence-corrected chi connectivity index (χ0v) is 10.6. The van der Waals surface area contributed by atoms with Crippen LogP contribution in [0.1, 0.15) is 37.4 Å². The molecule has 18 heavy (non-hydrogen) atoms. The van der Waals surface area contributed by atoms with Gasteiger partial charge in [0.1, 0.15) is 6.04 Å². The summed E-state index contributed by atoms with van der Waals surface area (Å²) in [6.45, 7) is 3.78. The topological polar surface area (TPSA) is 38.3 Å². The molecule has 1 rings (SSSR count). The van der Waals surface area contributed by atoms with Gasteiger partial charge in [0, 0.05) is 11.6 Å². The molecular weight excluding hydrogens is 240 g/mol. The summed E-state index contributed by atoms with van der Waals surface area (Å²) in [7, 11) is 1.30. The van der Waals surface area contributed by atoms with Crippen LogP contribution in [-0.4, -0.2) is 19.1 Å². The molecule has 1 atom stereocenters. The summed E-state index contributed by atoms with van der Waals surface area (Å²) in [6, 6.07) is 5.10. The molecule has 0 heterocycles. The quantitative estimate of drug-likeness (QED) is 0.824. The van der Waals surface area contributed by atoms with E-state index in [1.807, 2.05) is 13.8 Å². The van der Waals surface area contributed by atoms with Crippen LogP contribution in [0.25, 0.3) is 0 Å². The molecule has 1 aromatic rings. The second kappa shape index (κ2) is 6.44. The van der Waals surface area contributed by atoms with Gasteiger partial charge in [0.15, 0.2) is 0 Å². The average Bonchev–Trinajstić information content (AvgIpc) is 2.35. The Morgan fingerprint density at radius 1 is 1.17 bits per heavy atom. The van der Waals surface area contributed by atoms with Crippen molar-refractivity contribution in [1.29, 1.82) is 0 Å². The number of halogens is 2. The fourth-order valence-electron chi connectivity index (χ4n) is 1.59. The zero-order valence-electron chi connectivity index (χ0n) is 10.6. The number of hydrogen-bond acceptors (Lipinski definition) is 3. The molecule has 3 nitrogen and oxygen atoms in total. The van der Waals surface area contributed by atoms with Crippen molar-refractivity contribution in [3.05, 3.63) is 35.4 Å². The summed E-state index contributed by atoms with van der Waals surface area (Å²) in [5, 5.41) is 3.03. The fraction of sp³-hybridized carbons (Fsp3) is 0.462. The highest BCUT2D eigenvalue weighted by Crippen LogP contribution is 2.22. The molecule has 0 aromatic heterocycles. The number of methoxy groups -OCH3 is 1. The maximum Gasteiger partial charge on any atom is 0.327 e. The largest absolute Gasteiger partial charge is 0.468 e. The van der Waals surface area contributed by atoms with Crippen LogP contribution in [0.4, 0.5) is 8.78 Å². The average molecular weight is 257 g/mol. The van der Waals surface area contributed by atoms with Crippen LogP contribution in [0.5, 0.6) is 0 Å². The van der Waals surface area contributed by atoms with Gasteiger partial charge in [-0.3, -0.25) is 5.32 Å². The summed E-state index contributed by atoms with van der Waals surface area (Å²) in [4.78, 5) is 11.6. The van der Waals surface area contributed by atoms with E-state index in [9.17, 15) is 13.6 Å². The number of carbonyl (C=O) groups excluding carboxylic acids is 1. The minimum Gasteiger partial charge on any atom is -0.468 e. The maximum absolute atomic E-state index is 12.4. The summed E-state index contributed by atoms with van der Waals surface area (Å²) in [5.41, 5.74) is 0.548. The highest BCUT2D eigenvalue weighted by Gasteiger charge is 2.22. The maximum atomic E-state index is 12.4. The Hall–Kier alpha value is -1.49. The zero-order chi connectivity index (χ0) is 13.7. The Balaban J connectivity index is 2.94. The van der Waals surface area contributed by atoms with Gasteiger partial charge in [-0.05, 0) is 19.4 Å². The third-order valence-corrected chi connectivity index (χ3v) is 2.46. The first-order chi connectivity index (χ1) is 8.45. The number of esters is 1. The van der Waals surface area contributed by atoms with E-state index in [1.165, 1.54) is 31.4 Å². The molecule has 100 valence electrons. The van der Waals surface area contributed by atoms with E-state index in [0.29, 0.717) is 5.56 Å². The van der Waals surface area contributed by atoms with Gasteiger partial charge in [0.05, 0.1) is 7.11 Å². The number of nitrogens with one attached hydrogen (secondary N) is 1. The van der Waals surface area contributed by atoms with E-state index < -0.39 is 18.4 Å². The molecule has 0 bridgehead atoms. The van der Waals surface area contributed by atoms with E-state index >= 15 is 0 Å². The van der Waals surface area contributed by atoms with Gasteiger partial charge < -0.3 is 4.74 Å². The predicted octanol–water partition coefficient (Wildman–Crippen LogP) is 2.84. The van der Waals surface area contributed by atoms with Crippen LogP contribution in [0, 0.1) is 0 Å². The minimum absolute atomic E-state index is 0.0630. The molecule has 0 amide bonds. The molecule has 0 spiro atoms. The SMILES string of the molecule is COC(=O)C(NC(C)C)c1ccc(C(F)F)cc1. The van der Waals surface area contributed by atoms with E-state index in [2.05, 4.69) is 5.32 Å². The Morgan fingerprint density at radius 3 is 2.06 bits per heavy atom. The summed E-state index contributed by atoms with van der Waals surface area (Å²) in [6.07, 6.45) is -2.51. The van der Waals surface area contributed by atoms with Crippen molar-refractivity contribution in [2.45, 2.75) is 32.4 Å². The number of benzene rings is 1. The van der Waals surface area contributed by atoms with E-state index in [1.54, 1.807) is 0 Å². The van der Waals surface area contributed by atoms with Crippen LogP contribution in [0.15, 0.2) is 24.3 Å². The minimum atomic E-state index is -2.51. The molecule has 1 unspecified atom stereocenters. The van der Waals surface area contributed by atoms with Gasteiger partial charge in [0.2, 0.25) is 0 Å². The second-order valence-electron chi connectivity index (χ2n) is 4.24. The van der Waals surface area contributed by atoms with Crippen molar-refractivity contribution in [3.63, 3.8) is 0 Å². The first kappa shape index (κ1) is 14.6. The predicted molar refractivity (Wildman–Crippen MR) is 64.4 cm³/mol. The standard InChI is InChI=1S/C13H17F2NO2/c1-8(2)16-11(13(17)18-3)9-4-6-10(7-5-9)12(14)15/h4-8,11-12,16H,1-3H3. The van der Waals surface area contributed by atoms with Crippen LogP contribution < -0.4 is 5.32 Å². The van der Waals surface area contributed by atoms with Gasteiger partial charge in [0.25, 0.3) is 6.43 Å². The lowest BCUT2D eigenvalue weighted by molar-refractivity contribution is -0.143. The molecule has 5 heteroatoms. The molecule has 0 saturated carbocycles. The number of carbonyl (C=O) groups is 1. The van der Waals surface area contributed by atoms with Crippen LogP contribution in [0.3, 0.4) is 0 Å². The van der Waals surface area contributed by atoms with Crippen LogP contribution in [-0.2, 0) is 9.53 Å². The lowest BCUT2D eigenvalue weighted by Crippen LogP contribution is -2.34. The molecule has 1 aromatic carbocycles. The highest BCUT2D eigenvalue weighted by molar-refractivity contribution is 5.77. The molecule has 0 aliphatic carbocycles. The number of rotatable bonds is 5. The van der Waals surface area contributed by atoms with Crippen LogP contribution >= 0.6 is 0 Å². The number of hydrogen-bond donors (Lipinski definition) is 1. The van der Waals surface area contributed by atoms with Crippen molar-refractivity contribution in [1.82, 2.24) is 5.32 Å². The van der Waals surface area contributed by atoms with E-state index in [0.717, 1.165) is 0 Å². The molecule has 0 aliphatic rings. The van der Waals surface area contributed by atoms with Gasteiger partial charge in [-0.2, -0.15) is 0 Å². The Kier molecular flexibility index (Phi) is 5.22. The van der Waals surface area contributed by atoms with E-state index in [4.69, 9.17) is 4.74 Å². The Bertz CT molecular complexity index is 390. The van der Waals surface area contributed by atoms with Crippen LogP contribution in [0.2, 0.25) is 0 Å². The van der Waals surface area contributed by atoms with Gasteiger partial charge in [-0.15, -0.1) is 0 Å². The number of alkyl halides is 2. The van der Waals surface area contributed by atoms with Crippen molar-refractivity contribution < 1.29 is 18.3 Å². The second-order valence-corrected chi connectivity index (χ2v) is 4.24. The molecule has 0 radical (unpaired) electrons. The van der Waals surface area contributed by atoms with Crippen molar-refractivity contribution in [2.75, 3.05) is 7.11 Å². The molecule has 1 N–H and O–H groups in total. The van der Waals surface area contributed by atoms with Gasteiger partial charge >= 0.3 is 5.97 Å². The first-order valence-corrected chi connectivity index (χ1v) is 5.67. The third kappa shape index (κ3) is 3.77. The first-order valence-electron chi connectivity index (χ1n) is 5.67. The van der Waals surface area contributed by atoms with Crippen molar-refractivity contribution in [2.24, 2.45) is 0 Å². The Morgan fingerprint density at radius 2 is 1.67 bits per heavy atom. The smallest absolute Gasteiger partial charge is 0.327 e. The molecule has 0 fully saturated rings. The fourth-order valence-corrected chi connectivity index (χ4v) is 1.59. The highest BCUT2D eigenvalue weighted by atomic mass is 19.3. The normalized spacial score (nSPS) is 12.8. The molecule has 0 aliphatic heterocycles. The Labute approximate surface area is 105 Å². The lowest BCUT2D eigenvalue weighted by Gasteiger charge is -2.19. The monoisotopic (exact) mass is 257 g/mol. The van der Waals surface area contributed by atoms with Crippen molar-refractivity contribution in [3.8, 4) is 0 Å². The van der Waals surface area contributed by atoms with Crippen molar-refractivity contribution >= 4 is 5.97 Å². The summed E-state index contributed by atoms with van der Waals surface area (Å²) in [5.74, 6) is -0.437. The van der Waals surface area contributed by atoms with Gasteiger partial charge in [-0.1, -0.05) is 24.3 Å². The molecule has 0 saturated heterocycles. The van der Waals surface area contributed by atoms with E-state index in [-0.39, 0.29) is 11.6 Å².